The number of benzene rings is 2. The number of hydrogen-bond acceptors (Lipinski definition) is 2. The van der Waals surface area contributed by atoms with E-state index in [-0.39, 0.29) is 11.4 Å². The highest BCUT2D eigenvalue weighted by Crippen LogP contribution is 2.40. The third-order valence-electron chi connectivity index (χ3n) is 4.49. The van der Waals surface area contributed by atoms with Crippen LogP contribution >= 0.6 is 0 Å². The Bertz CT molecular complexity index is 689. The lowest BCUT2D eigenvalue weighted by molar-refractivity contribution is -0.138. The minimum Gasteiger partial charge on any atom is -0.457 e. The third-order valence-corrected chi connectivity index (χ3v) is 4.49. The van der Waals surface area contributed by atoms with E-state index in [0.717, 1.165) is 6.07 Å². The van der Waals surface area contributed by atoms with Gasteiger partial charge < -0.3 is 10.5 Å². The van der Waals surface area contributed by atoms with Crippen molar-refractivity contribution in [1.29, 1.82) is 0 Å². The van der Waals surface area contributed by atoms with Crippen LogP contribution < -0.4 is 10.5 Å². The number of nitrogens with two attached hydrogens (primary N) is 1. The molecule has 0 saturated heterocycles. The van der Waals surface area contributed by atoms with Crippen LogP contribution in [0.3, 0.4) is 0 Å². The zero-order valence-electron chi connectivity index (χ0n) is 13.3. The maximum atomic E-state index is 13.1. The van der Waals surface area contributed by atoms with Crippen molar-refractivity contribution in [3.05, 3.63) is 53.6 Å². The summed E-state index contributed by atoms with van der Waals surface area (Å²) in [5.41, 5.74) is 5.89. The molecule has 3 rings (SSSR count). The first-order valence-corrected chi connectivity index (χ1v) is 8.18. The molecule has 0 radical (unpaired) electrons. The van der Waals surface area contributed by atoms with Gasteiger partial charge in [-0.25, -0.2) is 0 Å². The van der Waals surface area contributed by atoms with Crippen molar-refractivity contribution in [1.82, 2.24) is 0 Å². The fourth-order valence-electron chi connectivity index (χ4n) is 3.23. The minimum atomic E-state index is -4.51. The highest BCUT2D eigenvalue weighted by molar-refractivity contribution is 5.50. The Morgan fingerprint density at radius 1 is 0.917 bits per heavy atom. The Kier molecular flexibility index (Phi) is 4.69. The lowest BCUT2D eigenvalue weighted by Crippen LogP contribution is -2.08. The zero-order chi connectivity index (χ0) is 17.2. The van der Waals surface area contributed by atoms with Gasteiger partial charge >= 0.3 is 6.18 Å². The fraction of sp³-hybridized carbons (Fsp3) is 0.368. The van der Waals surface area contributed by atoms with Gasteiger partial charge in [-0.15, -0.1) is 0 Å². The molecule has 0 aliphatic heterocycles. The molecule has 1 aliphatic rings. The van der Waals surface area contributed by atoms with Crippen LogP contribution in [0, 0.1) is 0 Å². The summed E-state index contributed by atoms with van der Waals surface area (Å²) >= 11 is 0. The number of hydrogen-bond donors (Lipinski definition) is 1. The molecular formula is C19H20F3NO. The molecule has 128 valence electrons. The van der Waals surface area contributed by atoms with E-state index in [1.165, 1.54) is 49.8 Å². The van der Waals surface area contributed by atoms with Crippen LogP contribution in [-0.2, 0) is 6.18 Å². The summed E-state index contributed by atoms with van der Waals surface area (Å²) in [5.74, 6) is 0.710. The molecule has 0 unspecified atom stereocenters. The van der Waals surface area contributed by atoms with Crippen molar-refractivity contribution in [2.24, 2.45) is 0 Å². The minimum absolute atomic E-state index is 0.0577. The summed E-state index contributed by atoms with van der Waals surface area (Å²) in [6.07, 6.45) is 1.61. The molecule has 2 aromatic carbocycles. The first-order chi connectivity index (χ1) is 11.4. The molecule has 0 heterocycles. The quantitative estimate of drug-likeness (QED) is 0.685. The molecule has 1 aliphatic carbocycles. The normalized spacial score (nSPS) is 16.1. The SMILES string of the molecule is Nc1ccc(Oc2ccc(C3CCCCC3)cc2)c(C(F)(F)F)c1. The van der Waals surface area contributed by atoms with Gasteiger partial charge in [0.1, 0.15) is 17.1 Å². The Hall–Kier alpha value is -2.17. The number of rotatable bonds is 3. The summed E-state index contributed by atoms with van der Waals surface area (Å²) in [5, 5.41) is 0. The second-order valence-corrected chi connectivity index (χ2v) is 6.26. The molecule has 0 aromatic heterocycles. The van der Waals surface area contributed by atoms with Gasteiger partial charge in [-0.3, -0.25) is 0 Å². The number of alkyl halides is 3. The van der Waals surface area contributed by atoms with Crippen LogP contribution in [0.5, 0.6) is 11.5 Å². The first kappa shape index (κ1) is 16.7. The second kappa shape index (κ2) is 6.75. The van der Waals surface area contributed by atoms with E-state index in [1.807, 2.05) is 12.1 Å². The first-order valence-electron chi connectivity index (χ1n) is 8.18. The number of anilines is 1. The summed E-state index contributed by atoms with van der Waals surface area (Å²) in [7, 11) is 0. The lowest BCUT2D eigenvalue weighted by Gasteiger charge is -2.22. The van der Waals surface area contributed by atoms with Crippen LogP contribution in [0.1, 0.15) is 49.1 Å². The van der Waals surface area contributed by atoms with E-state index in [0.29, 0.717) is 11.7 Å². The molecule has 0 spiro atoms. The molecule has 2 nitrogen and oxygen atoms in total. The van der Waals surface area contributed by atoms with E-state index in [9.17, 15) is 13.2 Å². The van der Waals surface area contributed by atoms with E-state index >= 15 is 0 Å². The molecular weight excluding hydrogens is 315 g/mol. The smallest absolute Gasteiger partial charge is 0.420 e. The average Bonchev–Trinajstić information content (AvgIpc) is 2.57. The van der Waals surface area contributed by atoms with Crippen molar-refractivity contribution in [2.75, 3.05) is 5.73 Å². The zero-order valence-corrected chi connectivity index (χ0v) is 13.3. The van der Waals surface area contributed by atoms with E-state index in [2.05, 4.69) is 0 Å². The van der Waals surface area contributed by atoms with Gasteiger partial charge in [0.15, 0.2) is 0 Å². The van der Waals surface area contributed by atoms with Crippen molar-refractivity contribution in [2.45, 2.75) is 44.2 Å². The van der Waals surface area contributed by atoms with Crippen molar-refractivity contribution in [3.8, 4) is 11.5 Å². The molecule has 0 amide bonds. The van der Waals surface area contributed by atoms with Crippen LogP contribution in [-0.4, -0.2) is 0 Å². The van der Waals surface area contributed by atoms with Crippen LogP contribution in [0.2, 0.25) is 0 Å². The predicted molar refractivity (Wildman–Crippen MR) is 88.2 cm³/mol. The van der Waals surface area contributed by atoms with Crippen molar-refractivity contribution >= 4 is 5.69 Å². The van der Waals surface area contributed by atoms with E-state index in [1.54, 1.807) is 12.1 Å². The molecule has 0 atom stereocenters. The molecule has 2 aromatic rings. The van der Waals surface area contributed by atoms with Gasteiger partial charge in [-0.1, -0.05) is 31.4 Å². The topological polar surface area (TPSA) is 35.2 Å². The van der Waals surface area contributed by atoms with Gasteiger partial charge in [-0.2, -0.15) is 13.2 Å². The summed E-state index contributed by atoms with van der Waals surface area (Å²) in [6, 6.07) is 10.9. The summed E-state index contributed by atoms with van der Waals surface area (Å²) in [4.78, 5) is 0. The highest BCUT2D eigenvalue weighted by Gasteiger charge is 2.34. The van der Waals surface area contributed by atoms with Crippen LogP contribution in [0.25, 0.3) is 0 Å². The Labute approximate surface area is 139 Å². The van der Waals surface area contributed by atoms with Gasteiger partial charge in [0, 0.05) is 5.69 Å². The lowest BCUT2D eigenvalue weighted by atomic mass is 9.84. The van der Waals surface area contributed by atoms with E-state index in [4.69, 9.17) is 10.5 Å². The molecule has 2 N–H and O–H groups in total. The van der Waals surface area contributed by atoms with Crippen LogP contribution in [0.15, 0.2) is 42.5 Å². The van der Waals surface area contributed by atoms with Crippen molar-refractivity contribution < 1.29 is 17.9 Å². The summed E-state index contributed by atoms with van der Waals surface area (Å²) < 4.78 is 44.8. The Morgan fingerprint density at radius 2 is 1.58 bits per heavy atom. The van der Waals surface area contributed by atoms with E-state index < -0.39 is 11.7 Å². The van der Waals surface area contributed by atoms with Gasteiger partial charge in [0.2, 0.25) is 0 Å². The Balaban J connectivity index is 1.79. The monoisotopic (exact) mass is 335 g/mol. The maximum absolute atomic E-state index is 13.1. The standard InChI is InChI=1S/C19H20F3NO/c20-19(21,22)17-12-15(23)8-11-18(17)24-16-9-6-14(7-10-16)13-4-2-1-3-5-13/h6-13H,1-5,23H2. The van der Waals surface area contributed by atoms with Crippen molar-refractivity contribution in [3.63, 3.8) is 0 Å². The fourth-order valence-corrected chi connectivity index (χ4v) is 3.23. The molecule has 5 heteroatoms. The predicted octanol–water partition coefficient (Wildman–Crippen LogP) is 6.13. The largest absolute Gasteiger partial charge is 0.457 e. The highest BCUT2D eigenvalue weighted by atomic mass is 19.4. The van der Waals surface area contributed by atoms with Gasteiger partial charge in [0.05, 0.1) is 0 Å². The summed E-state index contributed by atoms with van der Waals surface area (Å²) in [6.45, 7) is 0. The van der Waals surface area contributed by atoms with Crippen LogP contribution in [0.4, 0.5) is 18.9 Å². The molecule has 0 bridgehead atoms. The Morgan fingerprint density at radius 3 is 2.21 bits per heavy atom. The molecule has 1 saturated carbocycles. The molecule has 1 fully saturated rings. The molecule has 24 heavy (non-hydrogen) atoms. The second-order valence-electron chi connectivity index (χ2n) is 6.26. The third kappa shape index (κ3) is 3.83. The number of halogens is 3. The average molecular weight is 335 g/mol. The number of nitrogen functional groups attached to an aromatic ring is 1. The van der Waals surface area contributed by atoms with Gasteiger partial charge in [-0.05, 0) is 54.7 Å². The maximum Gasteiger partial charge on any atom is 0.420 e. The van der Waals surface area contributed by atoms with Gasteiger partial charge in [0.25, 0.3) is 0 Å². The number of ether oxygens (including phenoxy) is 1.